The Morgan fingerprint density at radius 1 is 0.962 bits per heavy atom. The number of ether oxygens (including phenoxy) is 2. The number of hydrogen-bond donors (Lipinski definition) is 0. The van der Waals surface area contributed by atoms with Gasteiger partial charge in [-0.3, -0.25) is 4.79 Å². The van der Waals surface area contributed by atoms with E-state index in [-0.39, 0.29) is 5.97 Å². The maximum absolute atomic E-state index is 13.0. The molecule has 0 spiro atoms. The van der Waals surface area contributed by atoms with Crippen LogP contribution in [0.5, 0.6) is 5.75 Å². The van der Waals surface area contributed by atoms with E-state index < -0.39 is 10.8 Å². The Bertz CT molecular complexity index is 721. The number of rotatable bonds is 8. The Hall–Kier alpha value is -2.29. The number of benzene rings is 2. The van der Waals surface area contributed by atoms with Gasteiger partial charge in [0.2, 0.25) is 0 Å². The zero-order valence-corrected chi connectivity index (χ0v) is 16.5. The van der Waals surface area contributed by atoms with E-state index >= 15 is 0 Å². The largest absolute Gasteiger partial charge is 0.496 e. The molecule has 0 aromatic heterocycles. The van der Waals surface area contributed by atoms with Crippen LogP contribution in [-0.2, 0) is 21.4 Å². The Balaban J connectivity index is 2.68. The van der Waals surface area contributed by atoms with Crippen LogP contribution in [0.4, 0.5) is 0 Å². The van der Waals surface area contributed by atoms with Crippen molar-refractivity contribution >= 4 is 5.97 Å². The minimum absolute atomic E-state index is 0.177. The van der Waals surface area contributed by atoms with Gasteiger partial charge < -0.3 is 9.47 Å². The summed E-state index contributed by atoms with van der Waals surface area (Å²) in [6.07, 6.45) is 1.52. The first-order valence-corrected chi connectivity index (χ1v) is 9.27. The monoisotopic (exact) mass is 354 g/mol. The zero-order chi connectivity index (χ0) is 19.2. The zero-order valence-electron chi connectivity index (χ0n) is 16.5. The summed E-state index contributed by atoms with van der Waals surface area (Å²) < 4.78 is 11.1. The lowest BCUT2D eigenvalue weighted by Gasteiger charge is -2.46. The van der Waals surface area contributed by atoms with Gasteiger partial charge in [-0.25, -0.2) is 0 Å². The first-order chi connectivity index (χ1) is 12.4. The fourth-order valence-corrected chi connectivity index (χ4v) is 3.90. The summed E-state index contributed by atoms with van der Waals surface area (Å²) in [4.78, 5) is 13.0. The number of methoxy groups -OCH3 is 1. The fourth-order valence-electron chi connectivity index (χ4n) is 3.90. The smallest absolute Gasteiger partial charge is 0.312 e. The second-order valence-electron chi connectivity index (χ2n) is 7.14. The van der Waals surface area contributed by atoms with E-state index in [2.05, 4.69) is 25.1 Å². The van der Waals surface area contributed by atoms with Crippen LogP contribution in [0.2, 0.25) is 0 Å². The van der Waals surface area contributed by atoms with Crippen LogP contribution in [0.3, 0.4) is 0 Å². The van der Waals surface area contributed by atoms with E-state index in [9.17, 15) is 4.79 Å². The van der Waals surface area contributed by atoms with Crippen molar-refractivity contribution in [2.24, 2.45) is 5.41 Å². The molecule has 0 aliphatic heterocycles. The maximum atomic E-state index is 13.0. The molecule has 2 aromatic rings. The average Bonchev–Trinajstić information content (AvgIpc) is 2.67. The van der Waals surface area contributed by atoms with Crippen molar-refractivity contribution < 1.29 is 14.3 Å². The molecule has 0 aliphatic rings. The third-order valence-electron chi connectivity index (χ3n) is 5.56. The van der Waals surface area contributed by atoms with Gasteiger partial charge in [0.15, 0.2) is 0 Å². The minimum atomic E-state index is -0.720. The van der Waals surface area contributed by atoms with Gasteiger partial charge in [-0.15, -0.1) is 0 Å². The Labute approximate surface area is 157 Å². The average molecular weight is 354 g/mol. The van der Waals surface area contributed by atoms with Crippen LogP contribution >= 0.6 is 0 Å². The quantitative estimate of drug-likeness (QED) is 0.613. The number of para-hydroxylation sites is 1. The molecule has 2 rings (SSSR count). The molecule has 1 unspecified atom stereocenters. The van der Waals surface area contributed by atoms with Crippen molar-refractivity contribution in [3.63, 3.8) is 0 Å². The summed E-state index contributed by atoms with van der Waals surface area (Å²) in [6.45, 7) is 8.34. The van der Waals surface area contributed by atoms with Crippen LogP contribution in [-0.4, -0.2) is 19.7 Å². The summed E-state index contributed by atoms with van der Waals surface area (Å²) in [5.41, 5.74) is 1.07. The maximum Gasteiger partial charge on any atom is 0.312 e. The number of carbonyl (C=O) groups excluding carboxylic acids is 1. The van der Waals surface area contributed by atoms with Gasteiger partial charge in [0, 0.05) is 11.0 Å². The van der Waals surface area contributed by atoms with Crippen LogP contribution < -0.4 is 4.74 Å². The minimum Gasteiger partial charge on any atom is -0.496 e. The van der Waals surface area contributed by atoms with Crippen molar-refractivity contribution in [2.75, 3.05) is 13.7 Å². The van der Waals surface area contributed by atoms with E-state index in [1.165, 1.54) is 5.56 Å². The van der Waals surface area contributed by atoms with Gasteiger partial charge in [-0.05, 0) is 45.2 Å². The molecular weight excluding hydrogens is 324 g/mol. The van der Waals surface area contributed by atoms with Crippen molar-refractivity contribution in [3.05, 3.63) is 65.7 Å². The Morgan fingerprint density at radius 3 is 2.15 bits per heavy atom. The molecule has 1 atom stereocenters. The predicted molar refractivity (Wildman–Crippen MR) is 106 cm³/mol. The first kappa shape index (κ1) is 20.0. The molecule has 0 heterocycles. The molecule has 0 N–H and O–H groups in total. The lowest BCUT2D eigenvalue weighted by atomic mass is 9.57. The summed E-state index contributed by atoms with van der Waals surface area (Å²) in [5, 5.41) is 0. The van der Waals surface area contributed by atoms with Crippen molar-refractivity contribution in [3.8, 4) is 5.75 Å². The summed E-state index contributed by atoms with van der Waals surface area (Å²) in [7, 11) is 1.68. The van der Waals surface area contributed by atoms with Crippen LogP contribution in [0.25, 0.3) is 0 Å². The molecule has 0 amide bonds. The SMILES string of the molecule is CCOC(=O)C(C)(C)C(CC)(Cc1ccccc1)c1ccccc1OC. The van der Waals surface area contributed by atoms with Gasteiger partial charge in [-0.2, -0.15) is 0 Å². The molecule has 0 saturated carbocycles. The number of hydrogen-bond acceptors (Lipinski definition) is 3. The van der Waals surface area contributed by atoms with E-state index in [1.54, 1.807) is 7.11 Å². The second-order valence-corrected chi connectivity index (χ2v) is 7.14. The molecule has 0 fully saturated rings. The van der Waals surface area contributed by atoms with Gasteiger partial charge in [0.05, 0.1) is 19.1 Å². The lowest BCUT2D eigenvalue weighted by molar-refractivity contribution is -0.158. The highest BCUT2D eigenvalue weighted by molar-refractivity contribution is 5.79. The van der Waals surface area contributed by atoms with Crippen molar-refractivity contribution in [1.82, 2.24) is 0 Å². The summed E-state index contributed by atoms with van der Waals surface area (Å²) in [5.74, 6) is 0.631. The van der Waals surface area contributed by atoms with Gasteiger partial charge in [-0.1, -0.05) is 55.5 Å². The van der Waals surface area contributed by atoms with Gasteiger partial charge >= 0.3 is 5.97 Å². The van der Waals surface area contributed by atoms with Crippen LogP contribution in [0.15, 0.2) is 54.6 Å². The predicted octanol–water partition coefficient (Wildman–Crippen LogP) is 5.18. The Kier molecular flexibility index (Phi) is 6.47. The summed E-state index contributed by atoms with van der Waals surface area (Å²) in [6, 6.07) is 18.3. The number of carbonyl (C=O) groups is 1. The molecule has 0 radical (unpaired) electrons. The molecule has 0 bridgehead atoms. The standard InChI is InChI=1S/C23H30O3/c1-6-23(17-18-13-9-8-10-14-18,22(3,4)21(24)26-7-2)19-15-11-12-16-20(19)25-5/h8-16H,6-7,17H2,1-5H3. The molecule has 2 aromatic carbocycles. The lowest BCUT2D eigenvalue weighted by Crippen LogP contribution is -2.49. The van der Waals surface area contributed by atoms with Crippen molar-refractivity contribution in [2.45, 2.75) is 46.0 Å². The molecule has 0 saturated heterocycles. The highest BCUT2D eigenvalue weighted by Gasteiger charge is 2.52. The molecule has 3 nitrogen and oxygen atoms in total. The highest BCUT2D eigenvalue weighted by Crippen LogP contribution is 2.50. The van der Waals surface area contributed by atoms with E-state index in [1.807, 2.05) is 57.2 Å². The molecule has 0 aliphatic carbocycles. The normalized spacial score (nSPS) is 13.7. The van der Waals surface area contributed by atoms with E-state index in [0.29, 0.717) is 6.61 Å². The number of esters is 1. The van der Waals surface area contributed by atoms with Crippen molar-refractivity contribution in [1.29, 1.82) is 0 Å². The molecule has 140 valence electrons. The van der Waals surface area contributed by atoms with Gasteiger partial charge in [0.25, 0.3) is 0 Å². The van der Waals surface area contributed by atoms with E-state index in [4.69, 9.17) is 9.47 Å². The molecular formula is C23H30O3. The second kappa shape index (κ2) is 8.39. The first-order valence-electron chi connectivity index (χ1n) is 9.27. The molecule has 3 heteroatoms. The third kappa shape index (κ3) is 3.62. The topological polar surface area (TPSA) is 35.5 Å². The fraction of sp³-hybridized carbons (Fsp3) is 0.435. The molecule has 26 heavy (non-hydrogen) atoms. The van der Waals surface area contributed by atoms with Gasteiger partial charge in [0.1, 0.15) is 5.75 Å². The van der Waals surface area contributed by atoms with E-state index in [0.717, 1.165) is 24.2 Å². The summed E-state index contributed by atoms with van der Waals surface area (Å²) >= 11 is 0. The van der Waals surface area contributed by atoms with Crippen LogP contribution in [0.1, 0.15) is 45.2 Å². The Morgan fingerprint density at radius 2 is 1.58 bits per heavy atom. The highest BCUT2D eigenvalue weighted by atomic mass is 16.5. The third-order valence-corrected chi connectivity index (χ3v) is 5.56. The van der Waals surface area contributed by atoms with Crippen LogP contribution in [0, 0.1) is 5.41 Å².